The number of methoxy groups -OCH3 is 2. The topological polar surface area (TPSA) is 73.9 Å². The third kappa shape index (κ3) is 4.60. The first-order valence-electron chi connectivity index (χ1n) is 7.43. The van der Waals surface area contributed by atoms with Gasteiger partial charge in [0.05, 0.1) is 19.8 Å². The molecule has 1 aromatic rings. The van der Waals surface area contributed by atoms with Gasteiger partial charge < -0.3 is 19.5 Å². The molecule has 1 aliphatic rings. The highest BCUT2D eigenvalue weighted by atomic mass is 79.9. The van der Waals surface area contributed by atoms with E-state index in [0.29, 0.717) is 16.0 Å². The molecule has 0 atom stereocenters. The molecule has 1 saturated carbocycles. The fourth-order valence-electron chi connectivity index (χ4n) is 2.54. The first kappa shape index (κ1) is 17.6. The molecule has 126 valence electrons. The molecular formula is C16H20BrNO5. The van der Waals surface area contributed by atoms with Crippen molar-refractivity contribution >= 4 is 27.8 Å². The number of carbonyl (C=O) groups is 2. The lowest BCUT2D eigenvalue weighted by atomic mass is 10.2. The Morgan fingerprint density at radius 1 is 1.17 bits per heavy atom. The zero-order valence-corrected chi connectivity index (χ0v) is 14.8. The van der Waals surface area contributed by atoms with Crippen LogP contribution in [0.4, 0.5) is 0 Å². The lowest BCUT2D eigenvalue weighted by Gasteiger charge is -2.13. The van der Waals surface area contributed by atoms with Crippen molar-refractivity contribution in [1.82, 2.24) is 5.32 Å². The summed E-state index contributed by atoms with van der Waals surface area (Å²) in [5, 5.41) is 2.87. The molecule has 0 aliphatic heterocycles. The monoisotopic (exact) mass is 385 g/mol. The van der Waals surface area contributed by atoms with Crippen LogP contribution in [0.15, 0.2) is 16.6 Å². The molecular weight excluding hydrogens is 366 g/mol. The van der Waals surface area contributed by atoms with Gasteiger partial charge in [0.2, 0.25) is 0 Å². The van der Waals surface area contributed by atoms with Crippen molar-refractivity contribution in [1.29, 1.82) is 0 Å². The summed E-state index contributed by atoms with van der Waals surface area (Å²) in [5.41, 5.74) is 0.260. The molecule has 7 heteroatoms. The molecule has 1 fully saturated rings. The van der Waals surface area contributed by atoms with Crippen LogP contribution < -0.4 is 14.8 Å². The van der Waals surface area contributed by atoms with Crippen molar-refractivity contribution in [2.75, 3.05) is 20.8 Å². The van der Waals surface area contributed by atoms with E-state index in [9.17, 15) is 9.59 Å². The van der Waals surface area contributed by atoms with Crippen molar-refractivity contribution in [3.05, 3.63) is 22.2 Å². The standard InChI is InChI=1S/C16H20BrNO5/c1-21-12-7-10(8-13(22-2)15(12)17)16(20)23-9-14(19)18-11-5-3-4-6-11/h7-8,11H,3-6,9H2,1-2H3,(H,18,19). The molecule has 0 radical (unpaired) electrons. The van der Waals surface area contributed by atoms with E-state index in [1.165, 1.54) is 26.4 Å². The van der Waals surface area contributed by atoms with Crippen LogP contribution in [0.1, 0.15) is 36.0 Å². The van der Waals surface area contributed by atoms with Crippen molar-refractivity contribution in [3.8, 4) is 11.5 Å². The van der Waals surface area contributed by atoms with Crippen molar-refractivity contribution in [2.24, 2.45) is 0 Å². The van der Waals surface area contributed by atoms with E-state index >= 15 is 0 Å². The predicted molar refractivity (Wildman–Crippen MR) is 87.9 cm³/mol. The summed E-state index contributed by atoms with van der Waals surface area (Å²) in [6, 6.07) is 3.27. The van der Waals surface area contributed by atoms with Gasteiger partial charge in [-0.2, -0.15) is 0 Å². The van der Waals surface area contributed by atoms with Gasteiger partial charge in [0.15, 0.2) is 6.61 Å². The van der Waals surface area contributed by atoms with Gasteiger partial charge in [0.25, 0.3) is 5.91 Å². The Bertz CT molecular complexity index is 559. The normalized spacial score (nSPS) is 14.4. The van der Waals surface area contributed by atoms with E-state index in [-0.39, 0.29) is 24.1 Å². The molecule has 0 heterocycles. The second kappa shape index (κ2) is 8.19. The van der Waals surface area contributed by atoms with E-state index in [1.807, 2.05) is 0 Å². The van der Waals surface area contributed by atoms with E-state index in [4.69, 9.17) is 14.2 Å². The van der Waals surface area contributed by atoms with Crippen LogP contribution in [0.3, 0.4) is 0 Å². The highest BCUT2D eigenvalue weighted by Gasteiger charge is 2.19. The second-order valence-corrected chi connectivity index (χ2v) is 6.11. The van der Waals surface area contributed by atoms with Crippen LogP contribution in [-0.2, 0) is 9.53 Å². The molecule has 0 unspecified atom stereocenters. The summed E-state index contributed by atoms with van der Waals surface area (Å²) in [5.74, 6) is 0.0235. The van der Waals surface area contributed by atoms with Crippen LogP contribution in [0.2, 0.25) is 0 Å². The lowest BCUT2D eigenvalue weighted by Crippen LogP contribution is -2.35. The molecule has 0 aromatic heterocycles. The smallest absolute Gasteiger partial charge is 0.338 e. The summed E-state index contributed by atoms with van der Waals surface area (Å²) in [6.45, 7) is -0.296. The number of nitrogens with one attached hydrogen (secondary N) is 1. The Hall–Kier alpha value is -1.76. The molecule has 1 N–H and O–H groups in total. The third-order valence-electron chi connectivity index (χ3n) is 3.74. The van der Waals surface area contributed by atoms with Gasteiger partial charge in [-0.05, 0) is 40.9 Å². The Kier molecular flexibility index (Phi) is 6.27. The third-order valence-corrected chi connectivity index (χ3v) is 4.52. The number of ether oxygens (including phenoxy) is 3. The number of hydrogen-bond acceptors (Lipinski definition) is 5. The average Bonchev–Trinajstić information content (AvgIpc) is 3.05. The quantitative estimate of drug-likeness (QED) is 0.761. The molecule has 6 nitrogen and oxygen atoms in total. The van der Waals surface area contributed by atoms with Crippen LogP contribution in [0.5, 0.6) is 11.5 Å². The van der Waals surface area contributed by atoms with Gasteiger partial charge >= 0.3 is 5.97 Å². The number of rotatable bonds is 6. The van der Waals surface area contributed by atoms with Crippen LogP contribution in [0, 0.1) is 0 Å². The highest BCUT2D eigenvalue weighted by Crippen LogP contribution is 2.35. The lowest BCUT2D eigenvalue weighted by molar-refractivity contribution is -0.124. The van der Waals surface area contributed by atoms with Gasteiger partial charge in [-0.15, -0.1) is 0 Å². The Balaban J connectivity index is 1.95. The molecule has 1 aromatic carbocycles. The minimum absolute atomic E-state index is 0.203. The second-order valence-electron chi connectivity index (χ2n) is 5.32. The summed E-state index contributed by atoms with van der Waals surface area (Å²) in [6.07, 6.45) is 4.23. The van der Waals surface area contributed by atoms with Crippen molar-refractivity contribution < 1.29 is 23.8 Å². The molecule has 0 spiro atoms. The zero-order valence-electron chi connectivity index (χ0n) is 13.2. The molecule has 1 aliphatic carbocycles. The first-order valence-corrected chi connectivity index (χ1v) is 8.22. The maximum Gasteiger partial charge on any atom is 0.338 e. The summed E-state index contributed by atoms with van der Waals surface area (Å²) >= 11 is 3.33. The minimum atomic E-state index is -0.601. The number of amides is 1. The van der Waals surface area contributed by atoms with E-state index < -0.39 is 5.97 Å². The maximum atomic E-state index is 12.1. The largest absolute Gasteiger partial charge is 0.495 e. The number of esters is 1. The number of hydrogen-bond donors (Lipinski definition) is 1. The summed E-state index contributed by atoms with van der Waals surface area (Å²) in [4.78, 5) is 23.9. The van der Waals surface area contributed by atoms with Gasteiger partial charge in [-0.1, -0.05) is 12.8 Å². The van der Waals surface area contributed by atoms with Gasteiger partial charge in [-0.3, -0.25) is 4.79 Å². The van der Waals surface area contributed by atoms with E-state index in [0.717, 1.165) is 25.7 Å². The van der Waals surface area contributed by atoms with Gasteiger partial charge in [0.1, 0.15) is 16.0 Å². The average molecular weight is 386 g/mol. The first-order chi connectivity index (χ1) is 11.0. The Morgan fingerprint density at radius 2 is 1.74 bits per heavy atom. The molecule has 0 saturated heterocycles. The van der Waals surface area contributed by atoms with E-state index in [1.54, 1.807) is 0 Å². The highest BCUT2D eigenvalue weighted by molar-refractivity contribution is 9.10. The fourth-order valence-corrected chi connectivity index (χ4v) is 3.09. The van der Waals surface area contributed by atoms with Crippen molar-refractivity contribution in [2.45, 2.75) is 31.7 Å². The van der Waals surface area contributed by atoms with Crippen LogP contribution in [0.25, 0.3) is 0 Å². The maximum absolute atomic E-state index is 12.1. The Labute approximate surface area is 143 Å². The number of benzene rings is 1. The summed E-state index contributed by atoms with van der Waals surface area (Å²) in [7, 11) is 2.98. The van der Waals surface area contributed by atoms with Crippen LogP contribution >= 0.6 is 15.9 Å². The van der Waals surface area contributed by atoms with Crippen molar-refractivity contribution in [3.63, 3.8) is 0 Å². The predicted octanol–water partition coefficient (Wildman–Crippen LogP) is 2.68. The SMILES string of the molecule is COc1cc(C(=O)OCC(=O)NC2CCCC2)cc(OC)c1Br. The molecule has 2 rings (SSSR count). The molecule has 1 amide bonds. The van der Waals surface area contributed by atoms with Crippen LogP contribution in [-0.4, -0.2) is 38.7 Å². The Morgan fingerprint density at radius 3 is 2.26 bits per heavy atom. The van der Waals surface area contributed by atoms with Gasteiger partial charge in [-0.25, -0.2) is 4.79 Å². The zero-order chi connectivity index (χ0) is 16.8. The molecule has 23 heavy (non-hydrogen) atoms. The number of carbonyl (C=O) groups excluding carboxylic acids is 2. The minimum Gasteiger partial charge on any atom is -0.495 e. The fraction of sp³-hybridized carbons (Fsp3) is 0.500. The van der Waals surface area contributed by atoms with E-state index in [2.05, 4.69) is 21.2 Å². The number of halogens is 1. The summed E-state index contributed by atoms with van der Waals surface area (Å²) < 4.78 is 16.0. The van der Waals surface area contributed by atoms with Gasteiger partial charge in [0, 0.05) is 6.04 Å². The molecule has 0 bridgehead atoms.